The van der Waals surface area contributed by atoms with Crippen molar-refractivity contribution < 1.29 is 20.1 Å². The van der Waals surface area contributed by atoms with E-state index in [4.69, 9.17) is 0 Å². The van der Waals surface area contributed by atoms with Crippen molar-refractivity contribution in [2.45, 2.75) is 6.92 Å². The molecule has 0 fully saturated rings. The number of pyridine rings is 2. The van der Waals surface area contributed by atoms with Crippen LogP contribution in [-0.4, -0.2) is 9.97 Å². The summed E-state index contributed by atoms with van der Waals surface area (Å²) in [4.78, 5) is 9.09. The van der Waals surface area contributed by atoms with E-state index in [-0.39, 0.29) is 20.1 Å². The molecule has 3 heteroatoms. The second-order valence-corrected chi connectivity index (χ2v) is 6.59. The molecule has 2 aromatic heterocycles. The molecule has 0 aliphatic rings. The summed E-state index contributed by atoms with van der Waals surface area (Å²) in [5.41, 5.74) is 5.10. The molecule has 0 aliphatic carbocycles. The summed E-state index contributed by atoms with van der Waals surface area (Å²) >= 11 is 0. The Kier molecular flexibility index (Phi) is 7.62. The maximum Gasteiger partial charge on any atom is 0.0709 e. The van der Waals surface area contributed by atoms with Crippen LogP contribution in [0.3, 0.4) is 0 Å². The number of benzene rings is 3. The molecule has 0 saturated carbocycles. The van der Waals surface area contributed by atoms with Gasteiger partial charge >= 0.3 is 0 Å². The number of allylic oxidation sites excluding steroid dienone is 1. The zero-order valence-corrected chi connectivity index (χ0v) is 19.0. The molecule has 0 unspecified atom stereocenters. The molecule has 0 aliphatic heterocycles. The van der Waals surface area contributed by atoms with Gasteiger partial charge in [0.15, 0.2) is 0 Å². The number of aromatic nitrogens is 2. The van der Waals surface area contributed by atoms with Crippen molar-refractivity contribution >= 4 is 27.9 Å². The number of hydrogen-bond acceptors (Lipinski definition) is 2. The SMILES string of the molecule is C/C=C/c1ccc2ccccc2n1.[Ir].[c-]1ccccc1-c1ccc2ccccc2n1. The van der Waals surface area contributed by atoms with Crippen LogP contribution < -0.4 is 0 Å². The summed E-state index contributed by atoms with van der Waals surface area (Å²) in [6, 6.07) is 35.6. The Labute approximate surface area is 190 Å². The van der Waals surface area contributed by atoms with Crippen LogP contribution in [0.1, 0.15) is 12.6 Å². The third kappa shape index (κ3) is 5.27. The van der Waals surface area contributed by atoms with Crippen molar-refractivity contribution in [1.82, 2.24) is 9.97 Å². The first-order chi connectivity index (χ1) is 14.3. The van der Waals surface area contributed by atoms with Gasteiger partial charge in [-0.15, -0.1) is 35.9 Å². The molecule has 0 amide bonds. The van der Waals surface area contributed by atoms with Gasteiger partial charge in [0.2, 0.25) is 0 Å². The largest absolute Gasteiger partial charge is 0.296 e. The van der Waals surface area contributed by atoms with E-state index in [1.54, 1.807) is 0 Å². The molecule has 5 rings (SSSR count). The number of para-hydroxylation sites is 2. The monoisotopic (exact) mass is 566 g/mol. The van der Waals surface area contributed by atoms with Crippen molar-refractivity contribution in [3.05, 3.63) is 115 Å². The fourth-order valence-electron chi connectivity index (χ4n) is 3.11. The van der Waals surface area contributed by atoms with Gasteiger partial charge in [-0.1, -0.05) is 60.7 Å². The third-order valence-electron chi connectivity index (χ3n) is 4.54. The molecule has 2 heterocycles. The van der Waals surface area contributed by atoms with Gasteiger partial charge in [-0.2, -0.15) is 0 Å². The van der Waals surface area contributed by atoms with E-state index >= 15 is 0 Å². The maximum absolute atomic E-state index is 4.61. The second-order valence-electron chi connectivity index (χ2n) is 6.59. The Morgan fingerprint density at radius 2 is 1.30 bits per heavy atom. The average Bonchev–Trinajstić information content (AvgIpc) is 2.80. The topological polar surface area (TPSA) is 25.8 Å². The van der Waals surface area contributed by atoms with Crippen LogP contribution in [0.2, 0.25) is 0 Å². The van der Waals surface area contributed by atoms with Gasteiger partial charge in [-0.3, -0.25) is 4.98 Å². The van der Waals surface area contributed by atoms with Gasteiger partial charge in [0.1, 0.15) is 0 Å². The normalized spacial score (nSPS) is 10.4. The summed E-state index contributed by atoms with van der Waals surface area (Å²) in [6.07, 6.45) is 4.00. The van der Waals surface area contributed by atoms with Crippen LogP contribution in [0.5, 0.6) is 0 Å². The average molecular weight is 566 g/mol. The quantitative estimate of drug-likeness (QED) is 0.216. The minimum Gasteiger partial charge on any atom is -0.296 e. The first kappa shape index (κ1) is 21.6. The van der Waals surface area contributed by atoms with E-state index in [1.165, 1.54) is 10.8 Å². The van der Waals surface area contributed by atoms with E-state index in [9.17, 15) is 0 Å². The Balaban J connectivity index is 0.000000169. The summed E-state index contributed by atoms with van der Waals surface area (Å²) in [7, 11) is 0. The van der Waals surface area contributed by atoms with Crippen LogP contribution in [0.25, 0.3) is 39.1 Å². The molecule has 0 atom stereocenters. The molecule has 3 aromatic carbocycles. The second kappa shape index (κ2) is 10.6. The van der Waals surface area contributed by atoms with Crippen molar-refractivity contribution in [3.8, 4) is 11.3 Å². The number of nitrogens with zero attached hydrogens (tertiary/aromatic N) is 2. The maximum atomic E-state index is 4.61. The van der Waals surface area contributed by atoms with E-state index in [2.05, 4.69) is 40.3 Å². The van der Waals surface area contributed by atoms with Crippen LogP contribution in [0, 0.1) is 6.07 Å². The van der Waals surface area contributed by atoms with Crippen molar-refractivity contribution in [3.63, 3.8) is 0 Å². The predicted molar refractivity (Wildman–Crippen MR) is 122 cm³/mol. The summed E-state index contributed by atoms with van der Waals surface area (Å²) < 4.78 is 0. The summed E-state index contributed by atoms with van der Waals surface area (Å²) in [5.74, 6) is 0. The van der Waals surface area contributed by atoms with E-state index in [0.29, 0.717) is 0 Å². The molecule has 0 saturated heterocycles. The van der Waals surface area contributed by atoms with Crippen LogP contribution in [0.4, 0.5) is 0 Å². The molecule has 30 heavy (non-hydrogen) atoms. The van der Waals surface area contributed by atoms with E-state index in [1.807, 2.05) is 91.9 Å². The standard InChI is InChI=1S/C15H10N.C12H11N.Ir/c1-2-6-12(7-3-1)15-11-10-13-8-4-5-9-14(13)16-15;1-2-5-11-9-8-10-6-3-4-7-12(10)13-11;/h1-6,8-11H;2-9H,1H3;/q-1;;/b;5-2+;. The molecule has 149 valence electrons. The Morgan fingerprint density at radius 3 is 1.97 bits per heavy atom. The van der Waals surface area contributed by atoms with Gasteiger partial charge in [-0.25, -0.2) is 4.98 Å². The van der Waals surface area contributed by atoms with E-state index < -0.39 is 0 Å². The number of hydrogen-bond donors (Lipinski definition) is 0. The zero-order valence-electron chi connectivity index (χ0n) is 16.6. The molecule has 0 spiro atoms. The Bertz CT molecular complexity index is 1260. The van der Waals surface area contributed by atoms with Gasteiger partial charge in [-0.05, 0) is 42.3 Å². The fourth-order valence-corrected chi connectivity index (χ4v) is 3.11. The van der Waals surface area contributed by atoms with Gasteiger partial charge in [0, 0.05) is 25.5 Å². The van der Waals surface area contributed by atoms with Crippen LogP contribution in [-0.2, 0) is 20.1 Å². The van der Waals surface area contributed by atoms with E-state index in [0.717, 1.165) is 28.0 Å². The minimum atomic E-state index is 0. The third-order valence-corrected chi connectivity index (χ3v) is 4.54. The number of rotatable bonds is 2. The van der Waals surface area contributed by atoms with Crippen molar-refractivity contribution in [1.29, 1.82) is 0 Å². The predicted octanol–water partition coefficient (Wildman–Crippen LogP) is 6.97. The van der Waals surface area contributed by atoms with Crippen molar-refractivity contribution in [2.24, 2.45) is 0 Å². The summed E-state index contributed by atoms with van der Waals surface area (Å²) in [6.45, 7) is 2.00. The molecule has 5 aromatic rings. The molecular formula is C27H21IrN2-. The molecule has 0 bridgehead atoms. The Morgan fingerprint density at radius 1 is 0.667 bits per heavy atom. The van der Waals surface area contributed by atoms with Crippen LogP contribution >= 0.6 is 0 Å². The van der Waals surface area contributed by atoms with Gasteiger partial charge < -0.3 is 0 Å². The smallest absolute Gasteiger partial charge is 0.0709 e. The molecule has 2 nitrogen and oxygen atoms in total. The van der Waals surface area contributed by atoms with Gasteiger partial charge in [0.05, 0.1) is 16.7 Å². The minimum absolute atomic E-state index is 0. The molecular weight excluding hydrogens is 545 g/mol. The fraction of sp³-hybridized carbons (Fsp3) is 0.0370. The first-order valence-electron chi connectivity index (χ1n) is 9.65. The molecule has 0 N–H and O–H groups in total. The Hall–Kier alpha value is -3.13. The van der Waals surface area contributed by atoms with Crippen LogP contribution in [0.15, 0.2) is 103 Å². The first-order valence-corrected chi connectivity index (χ1v) is 9.65. The number of fused-ring (bicyclic) bond motifs is 2. The molecule has 1 radical (unpaired) electrons. The van der Waals surface area contributed by atoms with Gasteiger partial charge in [0.25, 0.3) is 0 Å². The van der Waals surface area contributed by atoms with Crippen molar-refractivity contribution in [2.75, 3.05) is 0 Å². The summed E-state index contributed by atoms with van der Waals surface area (Å²) in [5, 5.41) is 2.36. The zero-order chi connectivity index (χ0) is 19.9.